The lowest BCUT2D eigenvalue weighted by Crippen LogP contribution is -2.45. The van der Waals surface area contributed by atoms with Gasteiger partial charge in [-0.1, -0.05) is 31.0 Å². The second kappa shape index (κ2) is 4.63. The molecule has 0 spiro atoms. The van der Waals surface area contributed by atoms with Crippen molar-refractivity contribution in [1.82, 2.24) is 9.78 Å². The molecule has 3 rings (SSSR count). The second-order valence-corrected chi connectivity index (χ2v) is 5.16. The van der Waals surface area contributed by atoms with Crippen LogP contribution in [0.4, 0.5) is 0 Å². The molecule has 0 saturated heterocycles. The second-order valence-electron chi connectivity index (χ2n) is 5.16. The van der Waals surface area contributed by atoms with E-state index in [4.69, 9.17) is 5.73 Å². The van der Waals surface area contributed by atoms with E-state index in [-0.39, 0.29) is 5.78 Å². The summed E-state index contributed by atoms with van der Waals surface area (Å²) >= 11 is 0. The van der Waals surface area contributed by atoms with Crippen LogP contribution in [0.1, 0.15) is 36.2 Å². The number of Topliss-reactive ketones (excluding diaryl/α,β-unsaturated/α-hetero) is 1. The van der Waals surface area contributed by atoms with Crippen LogP contribution < -0.4 is 5.73 Å². The first-order chi connectivity index (χ1) is 9.21. The van der Waals surface area contributed by atoms with E-state index < -0.39 is 5.54 Å². The Morgan fingerprint density at radius 2 is 1.84 bits per heavy atom. The number of benzene rings is 1. The molecule has 1 fully saturated rings. The van der Waals surface area contributed by atoms with Crippen molar-refractivity contribution in [2.45, 2.75) is 31.2 Å². The number of nitrogens with zero attached hydrogens (tertiary/aromatic N) is 2. The highest BCUT2D eigenvalue weighted by Crippen LogP contribution is 2.30. The molecule has 1 aromatic carbocycles. The predicted molar refractivity (Wildman–Crippen MR) is 73.3 cm³/mol. The molecule has 2 N–H and O–H groups in total. The largest absolute Gasteiger partial charge is 0.319 e. The van der Waals surface area contributed by atoms with Crippen LogP contribution in [0, 0.1) is 0 Å². The van der Waals surface area contributed by atoms with Crippen LogP contribution in [0.3, 0.4) is 0 Å². The molecule has 0 atom stereocenters. The van der Waals surface area contributed by atoms with Crippen LogP contribution in [0.2, 0.25) is 0 Å². The van der Waals surface area contributed by atoms with E-state index in [1.54, 1.807) is 16.9 Å². The quantitative estimate of drug-likeness (QED) is 0.856. The molecule has 4 heteroatoms. The van der Waals surface area contributed by atoms with Gasteiger partial charge in [0.05, 0.1) is 17.4 Å². The Bertz CT molecular complexity index is 582. The summed E-state index contributed by atoms with van der Waals surface area (Å²) < 4.78 is 1.68. The van der Waals surface area contributed by atoms with Crippen molar-refractivity contribution in [1.29, 1.82) is 0 Å². The van der Waals surface area contributed by atoms with Gasteiger partial charge in [0.15, 0.2) is 0 Å². The Morgan fingerprint density at radius 1 is 1.16 bits per heavy atom. The molecule has 0 amide bonds. The molecule has 2 aromatic rings. The molecule has 4 nitrogen and oxygen atoms in total. The molecule has 0 unspecified atom stereocenters. The van der Waals surface area contributed by atoms with Gasteiger partial charge in [0.1, 0.15) is 5.69 Å². The molecule has 0 radical (unpaired) electrons. The molecular formula is C15H17N3O. The lowest BCUT2D eigenvalue weighted by Gasteiger charge is -2.22. The minimum Gasteiger partial charge on any atom is -0.319 e. The van der Waals surface area contributed by atoms with Crippen molar-refractivity contribution in [2.75, 3.05) is 0 Å². The SMILES string of the molecule is NC1(C(=O)c2ccnn2-c2ccccc2)CCCC1. The van der Waals surface area contributed by atoms with Crippen LogP contribution in [0.5, 0.6) is 0 Å². The summed E-state index contributed by atoms with van der Waals surface area (Å²) in [5.41, 5.74) is 7.01. The Hall–Kier alpha value is -1.94. The number of hydrogen-bond acceptors (Lipinski definition) is 3. The lowest BCUT2D eigenvalue weighted by molar-refractivity contribution is 0.0884. The van der Waals surface area contributed by atoms with E-state index >= 15 is 0 Å². The number of carbonyl (C=O) groups is 1. The molecule has 0 aliphatic heterocycles. The third-order valence-corrected chi connectivity index (χ3v) is 3.82. The summed E-state index contributed by atoms with van der Waals surface area (Å²) in [7, 11) is 0. The molecule has 1 aliphatic rings. The van der Waals surface area contributed by atoms with Gasteiger partial charge < -0.3 is 5.73 Å². The number of para-hydroxylation sites is 1. The maximum absolute atomic E-state index is 12.6. The maximum Gasteiger partial charge on any atom is 0.201 e. The van der Waals surface area contributed by atoms with Gasteiger partial charge in [-0.05, 0) is 31.0 Å². The van der Waals surface area contributed by atoms with Gasteiger partial charge in [-0.3, -0.25) is 4.79 Å². The Kier molecular flexibility index (Phi) is 2.95. The minimum absolute atomic E-state index is 0.00588. The molecular weight excluding hydrogens is 238 g/mol. The smallest absolute Gasteiger partial charge is 0.201 e. The fraction of sp³-hybridized carbons (Fsp3) is 0.333. The average Bonchev–Trinajstić information content (AvgIpc) is 3.08. The van der Waals surface area contributed by atoms with Crippen molar-refractivity contribution in [3.63, 3.8) is 0 Å². The Balaban J connectivity index is 1.99. The first kappa shape index (κ1) is 12.1. The highest BCUT2D eigenvalue weighted by Gasteiger charge is 2.39. The topological polar surface area (TPSA) is 60.9 Å². The molecule has 1 saturated carbocycles. The van der Waals surface area contributed by atoms with Crippen molar-refractivity contribution in [3.05, 3.63) is 48.3 Å². The number of hydrogen-bond donors (Lipinski definition) is 1. The van der Waals surface area contributed by atoms with Crippen LogP contribution in [-0.4, -0.2) is 21.1 Å². The lowest BCUT2D eigenvalue weighted by atomic mass is 9.91. The van der Waals surface area contributed by atoms with E-state index in [0.29, 0.717) is 5.69 Å². The summed E-state index contributed by atoms with van der Waals surface area (Å²) in [6.07, 6.45) is 5.25. The highest BCUT2D eigenvalue weighted by molar-refractivity contribution is 6.02. The normalized spacial score (nSPS) is 17.5. The van der Waals surface area contributed by atoms with Gasteiger partial charge in [-0.2, -0.15) is 5.10 Å². The van der Waals surface area contributed by atoms with E-state index in [0.717, 1.165) is 31.4 Å². The summed E-state index contributed by atoms with van der Waals surface area (Å²) in [4.78, 5) is 12.6. The highest BCUT2D eigenvalue weighted by atomic mass is 16.1. The van der Waals surface area contributed by atoms with Crippen molar-refractivity contribution in [2.24, 2.45) is 5.73 Å². The molecule has 1 aliphatic carbocycles. The first-order valence-corrected chi connectivity index (χ1v) is 6.64. The minimum atomic E-state index is -0.702. The fourth-order valence-electron chi connectivity index (χ4n) is 2.74. The first-order valence-electron chi connectivity index (χ1n) is 6.64. The van der Waals surface area contributed by atoms with Crippen LogP contribution >= 0.6 is 0 Å². The van der Waals surface area contributed by atoms with Crippen molar-refractivity contribution in [3.8, 4) is 5.69 Å². The van der Waals surface area contributed by atoms with Gasteiger partial charge in [0.25, 0.3) is 0 Å². The molecule has 1 heterocycles. The van der Waals surface area contributed by atoms with E-state index in [9.17, 15) is 4.79 Å². The predicted octanol–water partition coefficient (Wildman–Crippen LogP) is 2.33. The number of aromatic nitrogens is 2. The summed E-state index contributed by atoms with van der Waals surface area (Å²) in [5.74, 6) is 0.00588. The molecule has 19 heavy (non-hydrogen) atoms. The third-order valence-electron chi connectivity index (χ3n) is 3.82. The van der Waals surface area contributed by atoms with E-state index in [1.807, 2.05) is 30.3 Å². The van der Waals surface area contributed by atoms with Gasteiger partial charge in [0.2, 0.25) is 5.78 Å². The average molecular weight is 255 g/mol. The van der Waals surface area contributed by atoms with Gasteiger partial charge >= 0.3 is 0 Å². The van der Waals surface area contributed by atoms with Crippen molar-refractivity contribution >= 4 is 5.78 Å². The third kappa shape index (κ3) is 2.08. The zero-order chi connectivity index (χ0) is 13.3. The Labute approximate surface area is 112 Å². The van der Waals surface area contributed by atoms with E-state index in [1.165, 1.54) is 0 Å². The van der Waals surface area contributed by atoms with Crippen LogP contribution in [-0.2, 0) is 0 Å². The number of ketones is 1. The van der Waals surface area contributed by atoms with Gasteiger partial charge in [-0.25, -0.2) is 4.68 Å². The van der Waals surface area contributed by atoms with Crippen LogP contribution in [0.25, 0.3) is 5.69 Å². The number of nitrogens with two attached hydrogens (primary N) is 1. The maximum atomic E-state index is 12.6. The molecule has 0 bridgehead atoms. The van der Waals surface area contributed by atoms with Crippen LogP contribution in [0.15, 0.2) is 42.6 Å². The van der Waals surface area contributed by atoms with Gasteiger partial charge in [0, 0.05) is 0 Å². The molecule has 1 aromatic heterocycles. The summed E-state index contributed by atoms with van der Waals surface area (Å²) in [6.45, 7) is 0. The number of carbonyl (C=O) groups excluding carboxylic acids is 1. The summed E-state index contributed by atoms with van der Waals surface area (Å²) in [6, 6.07) is 11.4. The monoisotopic (exact) mass is 255 g/mol. The zero-order valence-corrected chi connectivity index (χ0v) is 10.7. The summed E-state index contributed by atoms with van der Waals surface area (Å²) in [5, 5.41) is 4.25. The van der Waals surface area contributed by atoms with Crippen molar-refractivity contribution < 1.29 is 4.79 Å². The standard InChI is InChI=1S/C15H17N3O/c16-15(9-4-5-10-15)14(19)13-8-11-17-18(13)12-6-2-1-3-7-12/h1-3,6-8,11H,4-5,9-10,16H2. The Morgan fingerprint density at radius 3 is 2.53 bits per heavy atom. The fourth-order valence-corrected chi connectivity index (χ4v) is 2.74. The van der Waals surface area contributed by atoms with E-state index in [2.05, 4.69) is 5.10 Å². The zero-order valence-electron chi connectivity index (χ0n) is 10.7. The molecule has 98 valence electrons. The number of rotatable bonds is 3. The van der Waals surface area contributed by atoms with Gasteiger partial charge in [-0.15, -0.1) is 0 Å².